The van der Waals surface area contributed by atoms with E-state index in [0.717, 1.165) is 5.56 Å². The highest BCUT2D eigenvalue weighted by molar-refractivity contribution is 9.10. The maximum Gasteiger partial charge on any atom is 0.137 e. The Kier molecular flexibility index (Phi) is 5.10. The Morgan fingerprint density at radius 1 is 1.47 bits per heavy atom. The van der Waals surface area contributed by atoms with E-state index < -0.39 is 11.7 Å². The van der Waals surface area contributed by atoms with Crippen LogP contribution in [-0.4, -0.2) is 23.4 Å². The van der Waals surface area contributed by atoms with E-state index in [-0.39, 0.29) is 5.82 Å². The van der Waals surface area contributed by atoms with Gasteiger partial charge in [0, 0.05) is 13.0 Å². The summed E-state index contributed by atoms with van der Waals surface area (Å²) in [7, 11) is 0. The lowest BCUT2D eigenvalue weighted by molar-refractivity contribution is -0.0955. The molecule has 1 N–H and O–H groups in total. The van der Waals surface area contributed by atoms with Gasteiger partial charge in [-0.15, -0.1) is 0 Å². The SMILES string of the molecule is CCOC(C)(C)C(O)Cc1cccc(F)c1Br. The number of hydrogen-bond donors (Lipinski definition) is 1. The van der Waals surface area contributed by atoms with Crippen molar-refractivity contribution in [3.8, 4) is 0 Å². The lowest BCUT2D eigenvalue weighted by Crippen LogP contribution is -2.40. The molecule has 1 atom stereocenters. The first-order valence-electron chi connectivity index (χ1n) is 5.63. The molecule has 17 heavy (non-hydrogen) atoms. The minimum atomic E-state index is -0.680. The molecule has 0 radical (unpaired) electrons. The van der Waals surface area contributed by atoms with Crippen LogP contribution in [0.5, 0.6) is 0 Å². The summed E-state index contributed by atoms with van der Waals surface area (Å²) in [6.07, 6.45) is -0.328. The number of aliphatic hydroxyl groups excluding tert-OH is 1. The van der Waals surface area contributed by atoms with Gasteiger partial charge in [-0.05, 0) is 48.3 Å². The molecule has 1 aromatic rings. The van der Waals surface area contributed by atoms with Crippen LogP contribution in [0.25, 0.3) is 0 Å². The molecule has 0 saturated heterocycles. The third-order valence-corrected chi connectivity index (χ3v) is 3.65. The zero-order valence-corrected chi connectivity index (χ0v) is 11.9. The Labute approximate surface area is 110 Å². The van der Waals surface area contributed by atoms with Crippen LogP contribution in [0.1, 0.15) is 26.3 Å². The summed E-state index contributed by atoms with van der Waals surface area (Å²) < 4.78 is 19.2. The second kappa shape index (κ2) is 5.94. The summed E-state index contributed by atoms with van der Waals surface area (Å²) in [6.45, 7) is 6.07. The van der Waals surface area contributed by atoms with Crippen molar-refractivity contribution < 1.29 is 14.2 Å². The molecular formula is C13H18BrFO2. The first-order valence-corrected chi connectivity index (χ1v) is 6.42. The van der Waals surface area contributed by atoms with Crippen molar-refractivity contribution in [1.82, 2.24) is 0 Å². The number of aliphatic hydroxyl groups is 1. The maximum absolute atomic E-state index is 13.3. The van der Waals surface area contributed by atoms with E-state index in [0.29, 0.717) is 17.5 Å². The van der Waals surface area contributed by atoms with Crippen LogP contribution < -0.4 is 0 Å². The van der Waals surface area contributed by atoms with E-state index in [1.54, 1.807) is 12.1 Å². The number of rotatable bonds is 5. The molecular weight excluding hydrogens is 287 g/mol. The Morgan fingerprint density at radius 3 is 2.71 bits per heavy atom. The fourth-order valence-electron chi connectivity index (χ4n) is 1.63. The van der Waals surface area contributed by atoms with Gasteiger partial charge in [0.15, 0.2) is 0 Å². The molecule has 96 valence electrons. The second-order valence-electron chi connectivity index (χ2n) is 4.47. The lowest BCUT2D eigenvalue weighted by Gasteiger charge is -2.30. The summed E-state index contributed by atoms with van der Waals surface area (Å²) in [5, 5.41) is 10.1. The number of benzene rings is 1. The molecule has 1 unspecified atom stereocenters. The normalized spacial score (nSPS) is 13.8. The van der Waals surface area contributed by atoms with E-state index in [1.807, 2.05) is 20.8 Å². The van der Waals surface area contributed by atoms with Gasteiger partial charge in [-0.3, -0.25) is 0 Å². The van der Waals surface area contributed by atoms with Gasteiger partial charge >= 0.3 is 0 Å². The summed E-state index contributed by atoms with van der Waals surface area (Å²) in [5.41, 5.74) is 0.103. The van der Waals surface area contributed by atoms with Crippen molar-refractivity contribution in [1.29, 1.82) is 0 Å². The van der Waals surface area contributed by atoms with E-state index in [4.69, 9.17) is 4.74 Å². The number of halogens is 2. The molecule has 0 bridgehead atoms. The van der Waals surface area contributed by atoms with Crippen LogP contribution in [0.15, 0.2) is 22.7 Å². The maximum atomic E-state index is 13.3. The number of hydrogen-bond acceptors (Lipinski definition) is 2. The van der Waals surface area contributed by atoms with Crippen LogP contribution in [-0.2, 0) is 11.2 Å². The van der Waals surface area contributed by atoms with E-state index in [9.17, 15) is 9.50 Å². The molecule has 0 amide bonds. The van der Waals surface area contributed by atoms with Gasteiger partial charge < -0.3 is 9.84 Å². The predicted molar refractivity (Wildman–Crippen MR) is 69.5 cm³/mol. The molecule has 0 aliphatic heterocycles. The van der Waals surface area contributed by atoms with Crippen LogP contribution in [0.2, 0.25) is 0 Å². The Bertz CT molecular complexity index is 380. The van der Waals surface area contributed by atoms with Gasteiger partial charge in [-0.1, -0.05) is 12.1 Å². The van der Waals surface area contributed by atoms with Crippen molar-refractivity contribution in [3.63, 3.8) is 0 Å². The van der Waals surface area contributed by atoms with Gasteiger partial charge in [0.25, 0.3) is 0 Å². The average molecular weight is 305 g/mol. The highest BCUT2D eigenvalue weighted by Crippen LogP contribution is 2.25. The molecule has 4 heteroatoms. The van der Waals surface area contributed by atoms with Crippen molar-refractivity contribution >= 4 is 15.9 Å². The molecule has 0 aliphatic carbocycles. The molecule has 0 saturated carbocycles. The highest BCUT2D eigenvalue weighted by atomic mass is 79.9. The summed E-state index contributed by atoms with van der Waals surface area (Å²) in [4.78, 5) is 0. The highest BCUT2D eigenvalue weighted by Gasteiger charge is 2.28. The van der Waals surface area contributed by atoms with Gasteiger partial charge in [-0.2, -0.15) is 0 Å². The van der Waals surface area contributed by atoms with E-state index in [1.165, 1.54) is 6.07 Å². The zero-order chi connectivity index (χ0) is 13.1. The fourth-order valence-corrected chi connectivity index (χ4v) is 2.05. The zero-order valence-electron chi connectivity index (χ0n) is 10.3. The largest absolute Gasteiger partial charge is 0.390 e. The molecule has 0 spiro atoms. The average Bonchev–Trinajstić information content (AvgIpc) is 2.24. The topological polar surface area (TPSA) is 29.5 Å². The molecule has 0 aliphatic rings. The first-order chi connectivity index (χ1) is 7.88. The van der Waals surface area contributed by atoms with Crippen LogP contribution in [0.4, 0.5) is 4.39 Å². The van der Waals surface area contributed by atoms with Crippen molar-refractivity contribution in [3.05, 3.63) is 34.1 Å². The lowest BCUT2D eigenvalue weighted by atomic mass is 9.95. The van der Waals surface area contributed by atoms with Crippen LogP contribution in [0, 0.1) is 5.82 Å². The molecule has 0 aromatic heterocycles. The van der Waals surface area contributed by atoms with Crippen LogP contribution in [0.3, 0.4) is 0 Å². The quantitative estimate of drug-likeness (QED) is 0.904. The van der Waals surface area contributed by atoms with E-state index >= 15 is 0 Å². The summed E-state index contributed by atoms with van der Waals surface area (Å²) in [5.74, 6) is -0.316. The second-order valence-corrected chi connectivity index (χ2v) is 5.26. The third-order valence-electron chi connectivity index (χ3n) is 2.76. The standard InChI is InChI=1S/C13H18BrFO2/c1-4-17-13(2,3)11(16)8-9-6-5-7-10(15)12(9)14/h5-7,11,16H,4,8H2,1-3H3. The molecule has 1 rings (SSSR count). The van der Waals surface area contributed by atoms with Gasteiger partial charge in [0.2, 0.25) is 0 Å². The van der Waals surface area contributed by atoms with Crippen LogP contribution >= 0.6 is 15.9 Å². The Morgan fingerprint density at radius 2 is 2.12 bits per heavy atom. The molecule has 0 fully saturated rings. The Balaban J connectivity index is 2.81. The minimum absolute atomic E-state index is 0.316. The van der Waals surface area contributed by atoms with Crippen molar-refractivity contribution in [2.45, 2.75) is 38.9 Å². The summed E-state index contributed by atoms with van der Waals surface area (Å²) in [6, 6.07) is 4.81. The van der Waals surface area contributed by atoms with Gasteiger partial charge in [0.1, 0.15) is 5.82 Å². The fraction of sp³-hybridized carbons (Fsp3) is 0.538. The van der Waals surface area contributed by atoms with Gasteiger partial charge in [0.05, 0.1) is 16.2 Å². The first kappa shape index (κ1) is 14.6. The molecule has 1 aromatic carbocycles. The third kappa shape index (κ3) is 3.76. The molecule has 0 heterocycles. The monoisotopic (exact) mass is 304 g/mol. The Hall–Kier alpha value is -0.450. The van der Waals surface area contributed by atoms with Crippen molar-refractivity contribution in [2.24, 2.45) is 0 Å². The molecule has 2 nitrogen and oxygen atoms in total. The van der Waals surface area contributed by atoms with Crippen molar-refractivity contribution in [2.75, 3.05) is 6.61 Å². The van der Waals surface area contributed by atoms with Gasteiger partial charge in [-0.25, -0.2) is 4.39 Å². The predicted octanol–water partition coefficient (Wildman–Crippen LogP) is 3.31. The van der Waals surface area contributed by atoms with E-state index in [2.05, 4.69) is 15.9 Å². The summed E-state index contributed by atoms with van der Waals surface area (Å²) >= 11 is 3.19. The smallest absolute Gasteiger partial charge is 0.137 e. The minimum Gasteiger partial charge on any atom is -0.390 e. The number of ether oxygens (including phenoxy) is 1.